The normalized spacial score (nSPS) is 18.9. The molecule has 1 fully saturated rings. The van der Waals surface area contributed by atoms with E-state index in [1.165, 1.54) is 0 Å². The summed E-state index contributed by atoms with van der Waals surface area (Å²) < 4.78 is 0. The smallest absolute Gasteiger partial charge is 0.549 e. The van der Waals surface area contributed by atoms with Gasteiger partial charge in [0.05, 0.1) is 23.9 Å². The third kappa shape index (κ3) is 14.2. The van der Waals surface area contributed by atoms with Crippen molar-refractivity contribution in [3.63, 3.8) is 0 Å². The zero-order valence-corrected chi connectivity index (χ0v) is 22.4. The van der Waals surface area contributed by atoms with Gasteiger partial charge in [0.15, 0.2) is 0 Å². The number of hydrogen-bond donors (Lipinski definition) is 0. The second-order valence-electron chi connectivity index (χ2n) is 8.79. The molecule has 12 nitrogen and oxygen atoms in total. The number of carbonyl (C=O) groups excluding carboxylic acids is 4. The van der Waals surface area contributed by atoms with E-state index >= 15 is 0 Å². The third-order valence-corrected chi connectivity index (χ3v) is 5.66. The van der Waals surface area contributed by atoms with Crippen molar-refractivity contribution in [2.75, 3.05) is 72.0 Å². The predicted molar refractivity (Wildman–Crippen MR) is 109 cm³/mol. The van der Waals surface area contributed by atoms with Gasteiger partial charge in [-0.05, 0) is 18.8 Å². The Morgan fingerprint density at radius 1 is 0.618 bits per heavy atom. The quantitative estimate of drug-likeness (QED) is 0.249. The van der Waals surface area contributed by atoms with E-state index in [1.807, 2.05) is 13.8 Å². The molecule has 1 rings (SSSR count). The summed E-state index contributed by atoms with van der Waals surface area (Å²) in [6.07, 6.45) is 0.999. The molecule has 1 aliphatic heterocycles. The Hall–Kier alpha value is -1.28. The molecule has 1 atom stereocenters. The number of carbonyl (C=O) groups is 4. The molecular formula is C21H34N4NaO8-3. The summed E-state index contributed by atoms with van der Waals surface area (Å²) in [4.78, 5) is 51.7. The molecule has 13 heteroatoms. The molecule has 0 saturated carbocycles. The van der Waals surface area contributed by atoms with Crippen LogP contribution in [0.3, 0.4) is 0 Å². The predicted octanol–water partition coefficient (Wildman–Crippen LogP) is -8.98. The van der Waals surface area contributed by atoms with E-state index in [9.17, 15) is 39.6 Å². The summed E-state index contributed by atoms with van der Waals surface area (Å²) >= 11 is 0. The molecule has 1 saturated heterocycles. The maximum absolute atomic E-state index is 11.9. The van der Waals surface area contributed by atoms with Crippen molar-refractivity contribution >= 4 is 23.9 Å². The maximum atomic E-state index is 11.9. The minimum absolute atomic E-state index is 0. The fourth-order valence-electron chi connectivity index (χ4n) is 3.83. The van der Waals surface area contributed by atoms with Crippen LogP contribution in [0.15, 0.2) is 0 Å². The topological polar surface area (TPSA) is 173 Å². The summed E-state index contributed by atoms with van der Waals surface area (Å²) in [6, 6.07) is -0.903. The summed E-state index contributed by atoms with van der Waals surface area (Å²) in [5, 5.41) is 45.4. The zero-order chi connectivity index (χ0) is 25.0. The second-order valence-corrected chi connectivity index (χ2v) is 8.79. The number of nitrogens with zero attached hydrogens (tertiary/aromatic N) is 4. The van der Waals surface area contributed by atoms with Crippen molar-refractivity contribution in [1.82, 2.24) is 19.6 Å². The molecule has 190 valence electrons. The number of carboxylic acid groups (broad SMARTS) is 4. The van der Waals surface area contributed by atoms with Crippen LogP contribution in [0, 0.1) is 5.92 Å². The zero-order valence-electron chi connectivity index (χ0n) is 20.4. The van der Waals surface area contributed by atoms with Gasteiger partial charge in [0.2, 0.25) is 0 Å². The summed E-state index contributed by atoms with van der Waals surface area (Å²) in [5.41, 5.74) is 0. The Kier molecular flexibility index (Phi) is 16.6. The first-order valence-corrected chi connectivity index (χ1v) is 11.2. The molecule has 0 radical (unpaired) electrons. The van der Waals surface area contributed by atoms with Crippen LogP contribution >= 0.6 is 0 Å². The minimum Gasteiger partial charge on any atom is -0.549 e. The van der Waals surface area contributed by atoms with E-state index < -0.39 is 29.9 Å². The van der Waals surface area contributed by atoms with Crippen molar-refractivity contribution in [1.29, 1.82) is 0 Å². The van der Waals surface area contributed by atoms with Gasteiger partial charge < -0.3 is 39.6 Å². The average Bonchev–Trinajstić information content (AvgIpc) is 2.67. The van der Waals surface area contributed by atoms with Gasteiger partial charge >= 0.3 is 29.6 Å². The van der Waals surface area contributed by atoms with Crippen molar-refractivity contribution in [3.05, 3.63) is 0 Å². The summed E-state index contributed by atoms with van der Waals surface area (Å²) in [7, 11) is 0. The molecule has 0 aromatic carbocycles. The molecule has 1 aliphatic rings. The van der Waals surface area contributed by atoms with Gasteiger partial charge in [0, 0.05) is 78.0 Å². The molecule has 1 heterocycles. The molecule has 0 aliphatic carbocycles. The van der Waals surface area contributed by atoms with E-state index in [-0.39, 0.29) is 107 Å². The summed E-state index contributed by atoms with van der Waals surface area (Å²) in [5.74, 6) is -4.85. The van der Waals surface area contributed by atoms with E-state index in [1.54, 1.807) is 19.6 Å². The fourth-order valence-corrected chi connectivity index (χ4v) is 3.83. The third-order valence-electron chi connectivity index (χ3n) is 5.66. The van der Waals surface area contributed by atoms with E-state index in [0.29, 0.717) is 12.8 Å². The van der Waals surface area contributed by atoms with E-state index in [4.69, 9.17) is 0 Å². The average molecular weight is 494 g/mol. The first kappa shape index (κ1) is 32.7. The van der Waals surface area contributed by atoms with Crippen LogP contribution in [0.1, 0.15) is 26.7 Å². The largest absolute Gasteiger partial charge is 1.00 e. The van der Waals surface area contributed by atoms with Crippen LogP contribution in [0.25, 0.3) is 0 Å². The first-order chi connectivity index (χ1) is 15.5. The van der Waals surface area contributed by atoms with Crippen LogP contribution in [0.5, 0.6) is 0 Å². The monoisotopic (exact) mass is 493 g/mol. The van der Waals surface area contributed by atoms with Gasteiger partial charge in [-0.3, -0.25) is 19.6 Å². The van der Waals surface area contributed by atoms with E-state index in [0.717, 1.165) is 0 Å². The van der Waals surface area contributed by atoms with E-state index in [2.05, 4.69) is 0 Å². The molecular weight excluding hydrogens is 459 g/mol. The van der Waals surface area contributed by atoms with Gasteiger partial charge in [-0.15, -0.1) is 0 Å². The van der Waals surface area contributed by atoms with Crippen molar-refractivity contribution in [2.24, 2.45) is 5.92 Å². The summed E-state index contributed by atoms with van der Waals surface area (Å²) in [6.45, 7) is 4.47. The number of aliphatic carboxylic acids is 4. The molecule has 0 N–H and O–H groups in total. The molecule has 0 aromatic rings. The molecule has 34 heavy (non-hydrogen) atoms. The minimum atomic E-state index is -1.30. The van der Waals surface area contributed by atoms with Gasteiger partial charge in [0.1, 0.15) is 0 Å². The van der Waals surface area contributed by atoms with Crippen LogP contribution in [-0.4, -0.2) is 122 Å². The SMILES string of the molecule is CC(C)CC[C@H](C(=O)[O-])N1CCN(CC(=O)[O-])CCN(CC(=O)[O-])CCN(CC(=O)[O-])CC1.[Na+]. The Balaban J connectivity index is 0.0000109. The van der Waals surface area contributed by atoms with Gasteiger partial charge in [0.25, 0.3) is 0 Å². The molecule has 0 bridgehead atoms. The van der Waals surface area contributed by atoms with Crippen molar-refractivity contribution < 1.29 is 69.2 Å². The molecule has 0 amide bonds. The second kappa shape index (κ2) is 17.2. The van der Waals surface area contributed by atoms with Crippen LogP contribution in [0.4, 0.5) is 0 Å². The Labute approximate surface area is 222 Å². The van der Waals surface area contributed by atoms with Gasteiger partial charge in [-0.1, -0.05) is 13.8 Å². The van der Waals surface area contributed by atoms with Crippen molar-refractivity contribution in [2.45, 2.75) is 32.7 Å². The standard InChI is InChI=1S/C21H38N4O8.Na/c1-16(2)3-4-17(21(32)33)25-11-9-23(14-19(28)29)7-5-22(13-18(26)27)6-8-24(10-12-25)15-20(30)31;/h16-17H,3-15H2,1-2H3,(H,26,27)(H,28,29)(H,30,31)(H,32,33);/q;+1/p-4/t17-;/m1./s1. The number of hydrogen-bond acceptors (Lipinski definition) is 12. The maximum Gasteiger partial charge on any atom is 1.00 e. The Morgan fingerprint density at radius 2 is 0.941 bits per heavy atom. The van der Waals surface area contributed by atoms with Crippen LogP contribution < -0.4 is 50.0 Å². The Bertz CT molecular complexity index is 635. The molecule has 0 aromatic heterocycles. The molecule has 0 unspecified atom stereocenters. The van der Waals surface area contributed by atoms with Crippen molar-refractivity contribution in [3.8, 4) is 0 Å². The fraction of sp³-hybridized carbons (Fsp3) is 0.810. The van der Waals surface area contributed by atoms with Crippen LogP contribution in [-0.2, 0) is 19.2 Å². The van der Waals surface area contributed by atoms with Crippen LogP contribution in [0.2, 0.25) is 0 Å². The molecule has 0 spiro atoms. The van der Waals surface area contributed by atoms with Gasteiger partial charge in [-0.25, -0.2) is 0 Å². The number of carboxylic acids is 4. The van der Waals surface area contributed by atoms with Gasteiger partial charge in [-0.2, -0.15) is 0 Å². The Morgan fingerprint density at radius 3 is 1.21 bits per heavy atom. The first-order valence-electron chi connectivity index (χ1n) is 11.2. The number of rotatable bonds is 11.